The van der Waals surface area contributed by atoms with E-state index in [1.54, 1.807) is 43.5 Å². The lowest BCUT2D eigenvalue weighted by molar-refractivity contribution is -0.137. The van der Waals surface area contributed by atoms with Crippen LogP contribution in [-0.2, 0) is 17.5 Å². The molecule has 0 radical (unpaired) electrons. The van der Waals surface area contributed by atoms with Crippen molar-refractivity contribution in [2.24, 2.45) is 0 Å². The van der Waals surface area contributed by atoms with Crippen molar-refractivity contribution in [1.82, 2.24) is 14.5 Å². The second-order valence-electron chi connectivity index (χ2n) is 7.39. The van der Waals surface area contributed by atoms with Crippen LogP contribution >= 0.6 is 11.8 Å². The molecular weight excluding hydrogens is 481 g/mol. The summed E-state index contributed by atoms with van der Waals surface area (Å²) in [6, 6.07) is 15.1. The highest BCUT2D eigenvalue weighted by Crippen LogP contribution is 2.34. The molecule has 0 aliphatic heterocycles. The van der Waals surface area contributed by atoms with Crippen LogP contribution in [0.25, 0.3) is 11.0 Å². The zero-order chi connectivity index (χ0) is 25.0. The minimum absolute atomic E-state index is 0.168. The maximum atomic E-state index is 13.2. The summed E-state index contributed by atoms with van der Waals surface area (Å²) >= 11 is 0.938. The molecule has 0 fully saturated rings. The van der Waals surface area contributed by atoms with Crippen LogP contribution < -0.4 is 15.6 Å². The Kier molecular flexibility index (Phi) is 7.06. The average molecular weight is 501 g/mol. The Bertz CT molecular complexity index is 1420. The van der Waals surface area contributed by atoms with E-state index in [2.05, 4.69) is 15.3 Å². The van der Waals surface area contributed by atoms with Gasteiger partial charge in [0.1, 0.15) is 5.75 Å². The third-order valence-electron chi connectivity index (χ3n) is 5.03. The lowest BCUT2D eigenvalue weighted by Crippen LogP contribution is -2.25. The number of ether oxygens (including phenoxy) is 1. The Balaban J connectivity index is 1.60. The third kappa shape index (κ3) is 5.62. The molecule has 0 saturated carbocycles. The number of rotatable bonds is 7. The molecule has 7 nitrogen and oxygen atoms in total. The van der Waals surface area contributed by atoms with Crippen LogP contribution in [0.3, 0.4) is 0 Å². The lowest BCUT2D eigenvalue weighted by atomic mass is 10.1. The number of aromatic nitrogens is 3. The minimum Gasteiger partial charge on any atom is -0.497 e. The Morgan fingerprint density at radius 2 is 1.83 bits per heavy atom. The maximum Gasteiger partial charge on any atom is 0.418 e. The van der Waals surface area contributed by atoms with Gasteiger partial charge in [-0.05, 0) is 42.0 Å². The SMILES string of the molecule is COc1ccc(Cn2c(SCC(=O)Nc3ccccc3C(F)(F)F)nc3ncccc3c2=O)cc1. The van der Waals surface area contributed by atoms with Gasteiger partial charge in [0.05, 0.1) is 36.0 Å². The van der Waals surface area contributed by atoms with E-state index in [1.807, 2.05) is 0 Å². The Labute approximate surface area is 202 Å². The van der Waals surface area contributed by atoms with Crippen molar-refractivity contribution >= 4 is 34.4 Å². The molecule has 2 aromatic carbocycles. The maximum absolute atomic E-state index is 13.2. The van der Waals surface area contributed by atoms with E-state index < -0.39 is 17.6 Å². The predicted octanol–water partition coefficient (Wildman–Crippen LogP) is 4.60. The monoisotopic (exact) mass is 500 g/mol. The van der Waals surface area contributed by atoms with Crippen LogP contribution in [0.5, 0.6) is 5.75 Å². The van der Waals surface area contributed by atoms with Crippen molar-refractivity contribution in [3.8, 4) is 5.75 Å². The van der Waals surface area contributed by atoms with E-state index in [1.165, 1.54) is 29.0 Å². The normalized spacial score (nSPS) is 11.4. The fraction of sp³-hybridized carbons (Fsp3) is 0.167. The minimum atomic E-state index is -4.61. The van der Waals surface area contributed by atoms with Gasteiger partial charge in [-0.3, -0.25) is 14.2 Å². The number of para-hydroxylation sites is 1. The fourth-order valence-electron chi connectivity index (χ4n) is 3.36. The summed E-state index contributed by atoms with van der Waals surface area (Å²) in [5, 5.41) is 2.83. The number of anilines is 1. The molecule has 0 atom stereocenters. The summed E-state index contributed by atoms with van der Waals surface area (Å²) in [5.41, 5.74) is -0.612. The number of thioether (sulfide) groups is 1. The number of nitrogens with one attached hydrogen (secondary N) is 1. The second-order valence-corrected chi connectivity index (χ2v) is 8.33. The first-order chi connectivity index (χ1) is 16.8. The summed E-state index contributed by atoms with van der Waals surface area (Å²) in [5.74, 6) is -0.273. The first-order valence-electron chi connectivity index (χ1n) is 10.3. The highest BCUT2D eigenvalue weighted by Gasteiger charge is 2.33. The van der Waals surface area contributed by atoms with Gasteiger partial charge in [-0.2, -0.15) is 13.2 Å². The number of hydrogen-bond acceptors (Lipinski definition) is 6. The van der Waals surface area contributed by atoms with E-state index >= 15 is 0 Å². The molecule has 4 aromatic rings. The number of hydrogen-bond donors (Lipinski definition) is 1. The Hall–Kier alpha value is -3.86. The van der Waals surface area contributed by atoms with Crippen LogP contribution in [0.15, 0.2) is 76.8 Å². The van der Waals surface area contributed by atoms with Gasteiger partial charge in [-0.15, -0.1) is 0 Å². The molecule has 0 bridgehead atoms. The van der Waals surface area contributed by atoms with Crippen LogP contribution in [0.2, 0.25) is 0 Å². The summed E-state index contributed by atoms with van der Waals surface area (Å²) < 4.78 is 46.3. The number of pyridine rings is 1. The topological polar surface area (TPSA) is 86.1 Å². The molecular formula is C24H19F3N4O3S. The quantitative estimate of drug-likeness (QED) is 0.295. The molecule has 0 unspecified atom stereocenters. The fourth-order valence-corrected chi connectivity index (χ4v) is 4.14. The van der Waals surface area contributed by atoms with Crippen molar-refractivity contribution in [2.75, 3.05) is 18.2 Å². The van der Waals surface area contributed by atoms with E-state index in [-0.39, 0.29) is 34.3 Å². The van der Waals surface area contributed by atoms with Crippen LogP contribution in [0, 0.1) is 0 Å². The van der Waals surface area contributed by atoms with Gasteiger partial charge in [-0.25, -0.2) is 9.97 Å². The molecule has 180 valence electrons. The molecule has 4 rings (SSSR count). The number of fused-ring (bicyclic) bond motifs is 1. The van der Waals surface area contributed by atoms with Crippen molar-refractivity contribution in [3.63, 3.8) is 0 Å². The number of benzene rings is 2. The molecule has 1 amide bonds. The molecule has 0 saturated heterocycles. The number of amides is 1. The van der Waals surface area contributed by atoms with Gasteiger partial charge in [0.15, 0.2) is 10.8 Å². The Morgan fingerprint density at radius 1 is 1.09 bits per heavy atom. The number of halogens is 3. The first-order valence-corrected chi connectivity index (χ1v) is 11.3. The van der Waals surface area contributed by atoms with Crippen molar-refractivity contribution in [2.45, 2.75) is 17.9 Å². The molecule has 1 N–H and O–H groups in total. The van der Waals surface area contributed by atoms with Gasteiger partial charge in [0, 0.05) is 6.20 Å². The summed E-state index contributed by atoms with van der Waals surface area (Å²) in [6.07, 6.45) is -3.11. The van der Waals surface area contributed by atoms with Gasteiger partial charge >= 0.3 is 6.18 Å². The van der Waals surface area contributed by atoms with Crippen LogP contribution in [-0.4, -0.2) is 33.3 Å². The third-order valence-corrected chi connectivity index (χ3v) is 6.01. The number of alkyl halides is 3. The van der Waals surface area contributed by atoms with Crippen molar-refractivity contribution in [3.05, 3.63) is 88.3 Å². The summed E-state index contributed by atoms with van der Waals surface area (Å²) in [6.45, 7) is 0.168. The van der Waals surface area contributed by atoms with Gasteiger partial charge in [0.2, 0.25) is 5.91 Å². The first kappa shape index (κ1) is 24.3. The van der Waals surface area contributed by atoms with E-state index in [4.69, 9.17) is 4.74 Å². The van der Waals surface area contributed by atoms with Gasteiger partial charge in [-0.1, -0.05) is 36.0 Å². The second kappa shape index (κ2) is 10.2. The average Bonchev–Trinajstić information content (AvgIpc) is 2.85. The van der Waals surface area contributed by atoms with Crippen LogP contribution in [0.1, 0.15) is 11.1 Å². The van der Waals surface area contributed by atoms with E-state index in [9.17, 15) is 22.8 Å². The van der Waals surface area contributed by atoms with Crippen molar-refractivity contribution < 1.29 is 22.7 Å². The molecule has 0 aliphatic rings. The molecule has 11 heteroatoms. The predicted molar refractivity (Wildman–Crippen MR) is 127 cm³/mol. The largest absolute Gasteiger partial charge is 0.497 e. The Morgan fingerprint density at radius 3 is 2.54 bits per heavy atom. The van der Waals surface area contributed by atoms with E-state index in [0.717, 1.165) is 23.4 Å². The van der Waals surface area contributed by atoms with Gasteiger partial charge in [0.25, 0.3) is 5.56 Å². The lowest BCUT2D eigenvalue weighted by Gasteiger charge is -2.15. The molecule has 35 heavy (non-hydrogen) atoms. The summed E-state index contributed by atoms with van der Waals surface area (Å²) in [4.78, 5) is 34.3. The highest BCUT2D eigenvalue weighted by molar-refractivity contribution is 7.99. The highest BCUT2D eigenvalue weighted by atomic mass is 32.2. The molecule has 2 aromatic heterocycles. The standard InChI is InChI=1S/C24H19F3N4O3S/c1-34-16-10-8-15(9-11-16)13-31-22(33)17-5-4-12-28-21(17)30-23(31)35-14-20(32)29-19-7-3-2-6-18(19)24(25,26)27/h2-12H,13-14H2,1H3,(H,29,32). The molecule has 0 spiro atoms. The number of carbonyl (C=O) groups is 1. The molecule has 0 aliphatic carbocycles. The van der Waals surface area contributed by atoms with Gasteiger partial charge < -0.3 is 10.1 Å². The van der Waals surface area contributed by atoms with Crippen LogP contribution in [0.4, 0.5) is 18.9 Å². The van der Waals surface area contributed by atoms with E-state index in [0.29, 0.717) is 11.1 Å². The number of methoxy groups -OCH3 is 1. The number of carbonyl (C=O) groups excluding carboxylic acids is 1. The van der Waals surface area contributed by atoms with Crippen molar-refractivity contribution in [1.29, 1.82) is 0 Å². The molecule has 2 heterocycles. The summed E-state index contributed by atoms with van der Waals surface area (Å²) in [7, 11) is 1.55. The smallest absolute Gasteiger partial charge is 0.418 e. The zero-order valence-corrected chi connectivity index (χ0v) is 19.2. The number of nitrogens with zero attached hydrogens (tertiary/aromatic N) is 3. The zero-order valence-electron chi connectivity index (χ0n) is 18.4.